The van der Waals surface area contributed by atoms with E-state index in [-0.39, 0.29) is 30.4 Å². The van der Waals surface area contributed by atoms with Crippen LogP contribution in [0.5, 0.6) is 5.75 Å². The number of hydrogen-bond acceptors (Lipinski definition) is 5. The Kier molecular flexibility index (Phi) is 13.4. The second-order valence-corrected chi connectivity index (χ2v) is 10.2. The van der Waals surface area contributed by atoms with Crippen LogP contribution in [-0.2, 0) is 19.6 Å². The summed E-state index contributed by atoms with van der Waals surface area (Å²) in [6.07, 6.45) is 7.13. The fraction of sp³-hybridized carbons (Fsp3) is 0.467. The lowest BCUT2D eigenvalue weighted by atomic mass is 10.0. The van der Waals surface area contributed by atoms with Crippen LogP contribution in [0.1, 0.15) is 61.6 Å². The van der Waals surface area contributed by atoms with Gasteiger partial charge in [0.05, 0.1) is 0 Å². The molecule has 1 aliphatic heterocycles. The van der Waals surface area contributed by atoms with E-state index < -0.39 is 6.03 Å². The molecule has 0 atom stereocenters. The number of guanidine groups is 2. The van der Waals surface area contributed by atoms with E-state index in [2.05, 4.69) is 26.6 Å². The van der Waals surface area contributed by atoms with E-state index in [1.54, 1.807) is 11.0 Å². The third kappa shape index (κ3) is 11.3. The third-order valence-corrected chi connectivity index (χ3v) is 7.00. The van der Waals surface area contributed by atoms with Crippen LogP contribution in [-0.4, -0.2) is 55.6 Å². The highest BCUT2D eigenvalue weighted by Gasteiger charge is 2.16. The molecule has 0 bridgehead atoms. The number of unbranched alkanes of at least 4 members (excludes halogenated alkanes) is 5. The van der Waals surface area contributed by atoms with Crippen LogP contribution in [0.2, 0.25) is 0 Å². The van der Waals surface area contributed by atoms with Crippen LogP contribution in [0.4, 0.5) is 14.0 Å². The van der Waals surface area contributed by atoms with Gasteiger partial charge in [-0.05, 0) is 55.0 Å². The van der Waals surface area contributed by atoms with Crippen LogP contribution < -0.4 is 31.3 Å². The molecule has 0 aliphatic carbocycles. The molecule has 1 heterocycles. The Morgan fingerprint density at radius 1 is 1.05 bits per heavy atom. The maximum Gasteiger partial charge on any atom is 0.324 e. The lowest BCUT2D eigenvalue weighted by molar-refractivity contribution is 0.200. The highest BCUT2D eigenvalue weighted by Crippen LogP contribution is 2.22. The third-order valence-electron chi connectivity index (χ3n) is 7.00. The van der Waals surface area contributed by atoms with E-state index in [4.69, 9.17) is 15.6 Å². The van der Waals surface area contributed by atoms with Crippen molar-refractivity contribution < 1.29 is 18.7 Å². The van der Waals surface area contributed by atoms with Gasteiger partial charge in [0, 0.05) is 38.8 Å². The topological polar surface area (TPSA) is 154 Å². The molecule has 0 aromatic heterocycles. The molecule has 42 heavy (non-hydrogen) atoms. The average molecular weight is 583 g/mol. The summed E-state index contributed by atoms with van der Waals surface area (Å²) in [5.74, 6) is 0.239. The molecule has 4 amide bonds. The first kappa shape index (κ1) is 32.2. The largest absolute Gasteiger partial charge is 0.489 e. The van der Waals surface area contributed by atoms with Crippen molar-refractivity contribution in [3.63, 3.8) is 0 Å². The second kappa shape index (κ2) is 17.5. The summed E-state index contributed by atoms with van der Waals surface area (Å²) >= 11 is 0. The van der Waals surface area contributed by atoms with E-state index in [0.29, 0.717) is 44.8 Å². The summed E-state index contributed by atoms with van der Waals surface area (Å²) in [5, 5.41) is 29.2. The highest BCUT2D eigenvalue weighted by molar-refractivity contribution is 5.95. The number of nitrogens with zero attached hydrogens (tertiary/aromatic N) is 1. The number of halogens is 1. The Morgan fingerprint density at radius 3 is 2.62 bits per heavy atom. The second-order valence-electron chi connectivity index (χ2n) is 10.2. The normalized spacial score (nSPS) is 14.1. The maximum absolute atomic E-state index is 14.1. The van der Waals surface area contributed by atoms with E-state index >= 15 is 0 Å². The number of hydrogen-bond donors (Lipinski definition) is 7. The van der Waals surface area contributed by atoms with Crippen LogP contribution in [0.3, 0.4) is 0 Å². The van der Waals surface area contributed by atoms with Crippen molar-refractivity contribution in [2.75, 3.05) is 26.7 Å². The van der Waals surface area contributed by atoms with Crippen molar-refractivity contribution >= 4 is 24.0 Å². The monoisotopic (exact) mass is 582 g/mol. The van der Waals surface area contributed by atoms with Crippen LogP contribution in [0.15, 0.2) is 42.5 Å². The smallest absolute Gasteiger partial charge is 0.324 e. The van der Waals surface area contributed by atoms with Gasteiger partial charge in [-0.15, -0.1) is 0 Å². The molecular weight excluding hydrogens is 539 g/mol. The number of carbonyl (C=O) groups is 2. The first-order valence-electron chi connectivity index (χ1n) is 14.5. The van der Waals surface area contributed by atoms with E-state index in [9.17, 15) is 14.0 Å². The fourth-order valence-electron chi connectivity index (χ4n) is 4.68. The molecule has 1 aliphatic rings. The number of amides is 4. The molecule has 0 saturated heterocycles. The first-order valence-corrected chi connectivity index (χ1v) is 14.5. The number of benzene rings is 2. The zero-order chi connectivity index (χ0) is 30.2. The molecule has 3 rings (SSSR count). The van der Waals surface area contributed by atoms with E-state index in [1.165, 1.54) is 19.2 Å². The van der Waals surface area contributed by atoms with Crippen molar-refractivity contribution in [3.05, 3.63) is 65.0 Å². The van der Waals surface area contributed by atoms with Gasteiger partial charge in [-0.3, -0.25) is 21.5 Å². The summed E-state index contributed by atoms with van der Waals surface area (Å²) in [6, 6.07) is 11.5. The molecule has 2 aromatic carbocycles. The molecule has 2 aromatic rings. The number of aryl methyl sites for hydroxylation is 1. The number of fused-ring (bicyclic) bond motifs is 2. The van der Waals surface area contributed by atoms with Crippen molar-refractivity contribution in [3.8, 4) is 5.75 Å². The summed E-state index contributed by atoms with van der Waals surface area (Å²) in [7, 11) is 1.50. The minimum atomic E-state index is -0.423. The zero-order valence-corrected chi connectivity index (χ0v) is 24.3. The molecule has 11 nitrogen and oxygen atoms in total. The molecule has 12 heteroatoms. The van der Waals surface area contributed by atoms with Crippen LogP contribution in [0.25, 0.3) is 0 Å². The van der Waals surface area contributed by atoms with Gasteiger partial charge < -0.3 is 25.6 Å². The molecule has 0 saturated carbocycles. The van der Waals surface area contributed by atoms with Crippen molar-refractivity contribution in [1.82, 2.24) is 31.5 Å². The van der Waals surface area contributed by atoms with Gasteiger partial charge in [0.15, 0.2) is 11.9 Å². The number of nitrogens with one attached hydrogen (secondary N) is 7. The van der Waals surface area contributed by atoms with Crippen molar-refractivity contribution in [2.45, 2.75) is 64.5 Å². The van der Waals surface area contributed by atoms with Gasteiger partial charge >= 0.3 is 12.1 Å². The van der Waals surface area contributed by atoms with Gasteiger partial charge in [-0.25, -0.2) is 14.0 Å². The Morgan fingerprint density at radius 2 is 1.81 bits per heavy atom. The number of rotatable bonds is 9. The Hall–Kier alpha value is -4.35. The quantitative estimate of drug-likeness (QED) is 0.134. The van der Waals surface area contributed by atoms with Gasteiger partial charge in [-0.1, -0.05) is 49.9 Å². The molecule has 0 spiro atoms. The first-order chi connectivity index (χ1) is 20.4. The SMILES string of the molecule is CNC(=O)NC(=N)NCCCCCCCCN1CCCc2ccc(F)cc2COc2ccccc2CNC(=N)NC1=O. The number of para-hydroxylation sites is 1. The number of carbonyl (C=O) groups excluding carboxylic acids is 2. The van der Waals surface area contributed by atoms with Crippen molar-refractivity contribution in [2.24, 2.45) is 0 Å². The standard InChI is InChI=1S/C30H43FN8O3/c1-34-29(40)37-27(32)35-16-8-4-2-3-5-9-17-39-18-10-12-22-14-15-25(31)19-24(22)21-42-26-13-7-6-11-23(26)20-36-28(33)38-30(39)41/h6-7,11,13-15,19H,2-5,8-10,12,16-18,20-21H2,1H3,(H3,33,36,38,41)(H4,32,34,35,37,40). The molecule has 228 valence electrons. The van der Waals surface area contributed by atoms with E-state index in [1.807, 2.05) is 24.3 Å². The molecule has 0 unspecified atom stereocenters. The van der Waals surface area contributed by atoms with Gasteiger partial charge in [0.25, 0.3) is 0 Å². The molecule has 0 radical (unpaired) electrons. The summed E-state index contributed by atoms with van der Waals surface area (Å²) < 4.78 is 20.1. The summed E-state index contributed by atoms with van der Waals surface area (Å²) in [4.78, 5) is 26.0. The minimum Gasteiger partial charge on any atom is -0.489 e. The average Bonchev–Trinajstić information content (AvgIpc) is 2.98. The van der Waals surface area contributed by atoms with Crippen molar-refractivity contribution in [1.29, 1.82) is 10.8 Å². The molecule has 0 fully saturated rings. The highest BCUT2D eigenvalue weighted by atomic mass is 19.1. The lowest BCUT2D eigenvalue weighted by Crippen LogP contribution is -2.47. The van der Waals surface area contributed by atoms with Crippen LogP contribution >= 0.6 is 0 Å². The van der Waals surface area contributed by atoms with E-state index in [0.717, 1.165) is 55.2 Å². The Labute approximate surface area is 247 Å². The van der Waals surface area contributed by atoms with Crippen LogP contribution in [0, 0.1) is 16.6 Å². The Balaban J connectivity index is 1.50. The fourth-order valence-corrected chi connectivity index (χ4v) is 4.68. The van der Waals surface area contributed by atoms with Gasteiger partial charge in [-0.2, -0.15) is 0 Å². The van der Waals surface area contributed by atoms with Gasteiger partial charge in [0.2, 0.25) is 0 Å². The maximum atomic E-state index is 14.1. The summed E-state index contributed by atoms with van der Waals surface area (Å²) in [5.41, 5.74) is 2.60. The zero-order valence-electron chi connectivity index (χ0n) is 24.3. The predicted molar refractivity (Wildman–Crippen MR) is 161 cm³/mol. The Bertz CT molecular complexity index is 1210. The number of ether oxygens (including phenoxy) is 1. The minimum absolute atomic E-state index is 0.0162. The number of urea groups is 2. The lowest BCUT2D eigenvalue weighted by Gasteiger charge is -2.23. The predicted octanol–water partition coefficient (Wildman–Crippen LogP) is 4.18. The van der Waals surface area contributed by atoms with Gasteiger partial charge in [0.1, 0.15) is 18.2 Å². The summed E-state index contributed by atoms with van der Waals surface area (Å²) in [6.45, 7) is 2.23. The molecular formula is C30H43FN8O3. The molecule has 7 N–H and O–H groups in total.